The van der Waals surface area contributed by atoms with E-state index < -0.39 is 17.0 Å². The molecule has 0 spiro atoms. The van der Waals surface area contributed by atoms with Gasteiger partial charge >= 0.3 is 12.1 Å². The molecule has 4 rings (SSSR count). The van der Waals surface area contributed by atoms with Crippen molar-refractivity contribution in [1.82, 2.24) is 15.1 Å². The van der Waals surface area contributed by atoms with Crippen molar-refractivity contribution in [3.63, 3.8) is 0 Å². The fourth-order valence-corrected chi connectivity index (χ4v) is 4.45. The van der Waals surface area contributed by atoms with Crippen molar-refractivity contribution >= 4 is 34.6 Å². The molecule has 1 amide bonds. The largest absolute Gasteiger partial charge is 0.461 e. The van der Waals surface area contributed by atoms with Crippen LogP contribution < -0.4 is 0 Å². The van der Waals surface area contributed by atoms with Crippen molar-refractivity contribution < 1.29 is 23.5 Å². The zero-order valence-corrected chi connectivity index (χ0v) is 20.1. The molecule has 1 saturated heterocycles. The lowest BCUT2D eigenvalue weighted by Gasteiger charge is -2.42. The van der Waals surface area contributed by atoms with Crippen LogP contribution >= 0.6 is 11.6 Å². The van der Waals surface area contributed by atoms with E-state index in [4.69, 9.17) is 21.1 Å². The molecule has 0 bridgehead atoms. The number of hydrogen-bond donors (Lipinski definition) is 1. The maximum Gasteiger partial charge on any atom is 0.410 e. The summed E-state index contributed by atoms with van der Waals surface area (Å²) in [6.07, 6.45) is 2.27. The molecule has 1 aliphatic rings. The van der Waals surface area contributed by atoms with E-state index in [1.165, 1.54) is 12.1 Å². The summed E-state index contributed by atoms with van der Waals surface area (Å²) in [6.45, 7) is 6.39. The summed E-state index contributed by atoms with van der Waals surface area (Å²) in [5.41, 5.74) is 0.523. The van der Waals surface area contributed by atoms with Gasteiger partial charge in [-0.15, -0.1) is 0 Å². The minimum atomic E-state index is -0.590. The molecule has 34 heavy (non-hydrogen) atoms. The van der Waals surface area contributed by atoms with E-state index >= 15 is 0 Å². The van der Waals surface area contributed by atoms with Gasteiger partial charge in [0.15, 0.2) is 0 Å². The van der Waals surface area contributed by atoms with Crippen molar-refractivity contribution in [3.05, 3.63) is 64.6 Å². The number of likely N-dealkylation sites (tertiary alicyclic amines) is 1. The van der Waals surface area contributed by atoms with Gasteiger partial charge in [0, 0.05) is 28.9 Å². The summed E-state index contributed by atoms with van der Waals surface area (Å²) in [5.74, 6) is -0.879. The number of benzene rings is 2. The van der Waals surface area contributed by atoms with Crippen molar-refractivity contribution in [2.45, 2.75) is 44.6 Å². The van der Waals surface area contributed by atoms with Gasteiger partial charge in [0.1, 0.15) is 18.0 Å². The van der Waals surface area contributed by atoms with Crippen LogP contribution in [0.4, 0.5) is 9.18 Å². The Hall–Kier alpha value is -3.13. The molecule has 0 atom stereocenters. The lowest BCUT2D eigenvalue weighted by Crippen LogP contribution is -2.48. The minimum absolute atomic E-state index is 0.0712. The molecule has 1 aromatic heterocycles. The van der Waals surface area contributed by atoms with Gasteiger partial charge in [-0.2, -0.15) is 5.10 Å². The number of hydrogen-bond acceptors (Lipinski definition) is 5. The number of carbonyl (C=O) groups is 2. The van der Waals surface area contributed by atoms with Crippen LogP contribution in [0.15, 0.2) is 42.6 Å². The zero-order valence-electron chi connectivity index (χ0n) is 19.4. The third kappa shape index (κ3) is 5.17. The maximum absolute atomic E-state index is 13.6. The van der Waals surface area contributed by atoms with Gasteiger partial charge in [-0.05, 0) is 63.4 Å². The van der Waals surface area contributed by atoms with Crippen LogP contribution in [0, 0.1) is 5.82 Å². The molecule has 180 valence electrons. The van der Waals surface area contributed by atoms with Crippen LogP contribution in [-0.4, -0.2) is 52.5 Å². The van der Waals surface area contributed by atoms with Gasteiger partial charge in [-0.3, -0.25) is 5.10 Å². The van der Waals surface area contributed by atoms with E-state index in [2.05, 4.69) is 10.2 Å². The monoisotopic (exact) mass is 487 g/mol. The summed E-state index contributed by atoms with van der Waals surface area (Å²) in [6, 6.07) is 9.45. The quantitative estimate of drug-likeness (QED) is 0.492. The molecule has 0 saturated carbocycles. The first-order chi connectivity index (χ1) is 16.1. The predicted molar refractivity (Wildman–Crippen MR) is 127 cm³/mol. The SMILES string of the molecule is CC(C)(C)OC(=O)N1CCC(COC(=O)c2cc(Cl)cc3cn[nH]c23)(c2ccc(F)cc2)CC1. The molecule has 0 radical (unpaired) electrons. The Morgan fingerprint density at radius 2 is 1.85 bits per heavy atom. The number of rotatable bonds is 4. The number of piperidine rings is 1. The Bertz CT molecular complexity index is 1200. The van der Waals surface area contributed by atoms with E-state index in [0.717, 1.165) is 5.56 Å². The number of esters is 1. The first-order valence-corrected chi connectivity index (χ1v) is 11.5. The van der Waals surface area contributed by atoms with Gasteiger partial charge in [0.05, 0.1) is 17.3 Å². The van der Waals surface area contributed by atoms with Crippen molar-refractivity contribution in [2.24, 2.45) is 0 Å². The van der Waals surface area contributed by atoms with Crippen LogP contribution in [0.2, 0.25) is 5.02 Å². The number of nitrogens with zero attached hydrogens (tertiary/aromatic N) is 2. The minimum Gasteiger partial charge on any atom is -0.461 e. The molecule has 9 heteroatoms. The molecule has 1 aliphatic heterocycles. The van der Waals surface area contributed by atoms with E-state index in [9.17, 15) is 14.0 Å². The molecule has 1 fully saturated rings. The molecular formula is C25H27ClFN3O4. The average molecular weight is 488 g/mol. The van der Waals surface area contributed by atoms with Gasteiger partial charge in [0.25, 0.3) is 0 Å². The first kappa shape index (κ1) is 24.0. The van der Waals surface area contributed by atoms with E-state index in [0.29, 0.717) is 47.4 Å². The Kier molecular flexibility index (Phi) is 6.53. The van der Waals surface area contributed by atoms with E-state index in [1.807, 2.05) is 20.8 Å². The second kappa shape index (κ2) is 9.25. The number of H-pyrrole nitrogens is 1. The number of fused-ring (bicyclic) bond motifs is 1. The fourth-order valence-electron chi connectivity index (χ4n) is 4.23. The summed E-state index contributed by atoms with van der Waals surface area (Å²) in [7, 11) is 0. The smallest absolute Gasteiger partial charge is 0.410 e. The first-order valence-electron chi connectivity index (χ1n) is 11.1. The number of aromatic nitrogens is 2. The van der Waals surface area contributed by atoms with E-state index in [1.54, 1.807) is 35.4 Å². The summed E-state index contributed by atoms with van der Waals surface area (Å²) in [4.78, 5) is 27.2. The van der Waals surface area contributed by atoms with Crippen molar-refractivity contribution in [1.29, 1.82) is 0 Å². The maximum atomic E-state index is 13.6. The standard InChI is InChI=1S/C25H27ClFN3O4/c1-24(2,3)34-23(32)30-10-8-25(9-11-30,17-4-6-19(27)7-5-17)15-33-22(31)20-13-18(26)12-16-14-28-29-21(16)20/h4-7,12-14H,8-11,15H2,1-3H3,(H,28,29). The number of ether oxygens (including phenoxy) is 2. The summed E-state index contributed by atoms with van der Waals surface area (Å²) < 4.78 is 24.9. The Labute approximate surface area is 202 Å². The molecule has 0 aliphatic carbocycles. The van der Waals surface area contributed by atoms with Crippen LogP contribution in [0.5, 0.6) is 0 Å². The zero-order chi connectivity index (χ0) is 24.5. The van der Waals surface area contributed by atoms with Crippen molar-refractivity contribution in [3.8, 4) is 0 Å². The van der Waals surface area contributed by atoms with Gasteiger partial charge in [-0.25, -0.2) is 14.0 Å². The number of aromatic amines is 1. The lowest BCUT2D eigenvalue weighted by atomic mass is 9.73. The molecule has 7 nitrogen and oxygen atoms in total. The highest BCUT2D eigenvalue weighted by atomic mass is 35.5. The van der Waals surface area contributed by atoms with Crippen molar-refractivity contribution in [2.75, 3.05) is 19.7 Å². The molecule has 3 aromatic rings. The molecule has 0 unspecified atom stereocenters. The third-order valence-electron chi connectivity index (χ3n) is 6.04. The Balaban J connectivity index is 1.54. The highest BCUT2D eigenvalue weighted by Gasteiger charge is 2.40. The van der Waals surface area contributed by atoms with Crippen LogP contribution in [0.25, 0.3) is 10.9 Å². The molecular weight excluding hydrogens is 461 g/mol. The molecule has 2 aromatic carbocycles. The highest BCUT2D eigenvalue weighted by Crippen LogP contribution is 2.37. The highest BCUT2D eigenvalue weighted by molar-refractivity contribution is 6.32. The summed E-state index contributed by atoms with van der Waals surface area (Å²) >= 11 is 6.17. The normalized spacial score (nSPS) is 15.9. The van der Waals surface area contributed by atoms with Gasteiger partial charge in [0.2, 0.25) is 0 Å². The number of carbonyl (C=O) groups excluding carboxylic acids is 2. The third-order valence-corrected chi connectivity index (χ3v) is 6.26. The number of nitrogens with one attached hydrogen (secondary N) is 1. The van der Waals surface area contributed by atoms with Crippen LogP contribution in [-0.2, 0) is 14.9 Å². The Morgan fingerprint density at radius 3 is 2.50 bits per heavy atom. The van der Waals surface area contributed by atoms with Crippen LogP contribution in [0.1, 0.15) is 49.5 Å². The van der Waals surface area contributed by atoms with E-state index in [-0.39, 0.29) is 18.5 Å². The van der Waals surface area contributed by atoms with Crippen LogP contribution in [0.3, 0.4) is 0 Å². The molecule has 1 N–H and O–H groups in total. The number of amides is 1. The second-order valence-electron chi connectivity index (χ2n) is 9.62. The predicted octanol–water partition coefficient (Wildman–Crippen LogP) is 5.48. The number of halogens is 2. The molecule has 2 heterocycles. The Morgan fingerprint density at radius 1 is 1.18 bits per heavy atom. The average Bonchev–Trinajstić information content (AvgIpc) is 3.25. The van der Waals surface area contributed by atoms with Gasteiger partial charge in [-0.1, -0.05) is 23.7 Å². The van der Waals surface area contributed by atoms with Gasteiger partial charge < -0.3 is 14.4 Å². The fraction of sp³-hybridized carbons (Fsp3) is 0.400. The second-order valence-corrected chi connectivity index (χ2v) is 10.1. The summed E-state index contributed by atoms with van der Waals surface area (Å²) in [5, 5.41) is 7.90. The lowest BCUT2D eigenvalue weighted by molar-refractivity contribution is 0.00613. The topological polar surface area (TPSA) is 84.5 Å².